The molecule has 0 spiro atoms. The van der Waals surface area contributed by atoms with E-state index in [9.17, 15) is 25.2 Å². The van der Waals surface area contributed by atoms with Gasteiger partial charge in [-0.25, -0.2) is 10.4 Å². The van der Waals surface area contributed by atoms with Crippen LogP contribution in [-0.4, -0.2) is 74.6 Å². The van der Waals surface area contributed by atoms with Gasteiger partial charge in [-0.2, -0.15) is 5.10 Å². The Bertz CT molecular complexity index is 752. The maximum atomic E-state index is 11.9. The van der Waals surface area contributed by atoms with E-state index in [-0.39, 0.29) is 11.7 Å². The number of aliphatic hydroxyl groups is 5. The van der Waals surface area contributed by atoms with Crippen LogP contribution in [-0.2, 0) is 4.79 Å². The summed E-state index contributed by atoms with van der Waals surface area (Å²) >= 11 is 5.80. The third kappa shape index (κ3) is 5.82. The normalized spacial score (nSPS) is 20.3. The summed E-state index contributed by atoms with van der Waals surface area (Å²) in [7, 11) is 0. The first kappa shape index (κ1) is 21.0. The smallest absolute Gasteiger partial charge is 0.276 e. The number of carbonyl (C=O) groups is 1. The lowest BCUT2D eigenvalue weighted by Gasteiger charge is -2.23. The number of aliphatic hydroxyl groups excluding tert-OH is 5. The van der Waals surface area contributed by atoms with Gasteiger partial charge in [0.2, 0.25) is 5.96 Å². The summed E-state index contributed by atoms with van der Waals surface area (Å²) in [5.74, 6) is -0.473. The molecule has 0 saturated carbocycles. The Morgan fingerprint density at radius 2 is 1.85 bits per heavy atom. The van der Waals surface area contributed by atoms with Crippen molar-refractivity contribution in [2.75, 3.05) is 6.61 Å². The monoisotopic (exact) mass is 398 g/mol. The van der Waals surface area contributed by atoms with E-state index in [2.05, 4.69) is 20.8 Å². The van der Waals surface area contributed by atoms with E-state index in [0.717, 1.165) is 6.21 Å². The van der Waals surface area contributed by atoms with Gasteiger partial charge in [0.05, 0.1) is 12.8 Å². The number of nitrogens with one attached hydrogen (secondary N) is 2. The van der Waals surface area contributed by atoms with E-state index in [1.807, 2.05) is 0 Å². The molecule has 1 aliphatic heterocycles. The van der Waals surface area contributed by atoms with Crippen molar-refractivity contribution in [1.29, 1.82) is 0 Å². The zero-order valence-electron chi connectivity index (χ0n) is 13.9. The largest absolute Gasteiger partial charge is 0.394 e. The molecule has 0 bridgehead atoms. The fraction of sp³-hybridized carbons (Fsp3) is 0.312. The summed E-state index contributed by atoms with van der Waals surface area (Å²) in [6.07, 6.45) is -4.43. The Morgan fingerprint density at radius 1 is 1.19 bits per heavy atom. The number of hydrogen-bond donors (Lipinski definition) is 7. The van der Waals surface area contributed by atoms with Crippen LogP contribution >= 0.6 is 11.6 Å². The number of hydrogen-bond acceptors (Lipinski definition) is 9. The first-order chi connectivity index (χ1) is 12.8. The highest BCUT2D eigenvalue weighted by molar-refractivity contribution is 6.30. The molecule has 146 valence electrons. The molecule has 1 heterocycles. The first-order valence-electron chi connectivity index (χ1n) is 7.81. The van der Waals surface area contributed by atoms with Crippen LogP contribution in [0.2, 0.25) is 5.02 Å². The summed E-state index contributed by atoms with van der Waals surface area (Å²) in [5.41, 5.74) is 3.20. The van der Waals surface area contributed by atoms with Crippen LogP contribution in [0.25, 0.3) is 6.08 Å². The highest BCUT2D eigenvalue weighted by Crippen LogP contribution is 2.14. The van der Waals surface area contributed by atoms with Crippen LogP contribution in [0, 0.1) is 0 Å². The predicted octanol–water partition coefficient (Wildman–Crippen LogP) is -1.82. The maximum Gasteiger partial charge on any atom is 0.276 e. The highest BCUT2D eigenvalue weighted by atomic mass is 35.5. The Labute approximate surface area is 159 Å². The van der Waals surface area contributed by atoms with Crippen LogP contribution < -0.4 is 10.7 Å². The molecular weight excluding hydrogens is 380 g/mol. The average Bonchev–Trinajstić information content (AvgIpc) is 3.00. The summed E-state index contributed by atoms with van der Waals surface area (Å²) in [6.45, 7) is -0.786. The number of aliphatic imine (C=N–C) groups is 1. The number of benzene rings is 1. The van der Waals surface area contributed by atoms with Gasteiger partial charge in [0, 0.05) is 5.02 Å². The van der Waals surface area contributed by atoms with Crippen LogP contribution in [0.4, 0.5) is 0 Å². The molecule has 2 rings (SSSR count). The first-order valence-corrected chi connectivity index (χ1v) is 8.19. The SMILES string of the molecule is O=C1NC(N/N=C/[C@H](O)[C@@H](O)[C@H](O)[C@H](O)CO)=N/C1=C\c1ccc(Cl)cc1. The third-order valence-electron chi connectivity index (χ3n) is 3.55. The molecule has 10 nitrogen and oxygen atoms in total. The van der Waals surface area contributed by atoms with Gasteiger partial charge >= 0.3 is 0 Å². The van der Waals surface area contributed by atoms with Crippen molar-refractivity contribution in [3.05, 3.63) is 40.5 Å². The molecular formula is C16H19ClN4O6. The third-order valence-corrected chi connectivity index (χ3v) is 3.80. The fourth-order valence-corrected chi connectivity index (χ4v) is 2.16. The quantitative estimate of drug-likeness (QED) is 0.161. The molecule has 1 aromatic rings. The van der Waals surface area contributed by atoms with Gasteiger partial charge in [-0.3, -0.25) is 10.1 Å². The summed E-state index contributed by atoms with van der Waals surface area (Å²) in [6, 6.07) is 6.77. The lowest BCUT2D eigenvalue weighted by molar-refractivity contribution is -0.115. The summed E-state index contributed by atoms with van der Waals surface area (Å²) < 4.78 is 0. The van der Waals surface area contributed by atoms with Gasteiger partial charge in [-0.1, -0.05) is 23.7 Å². The van der Waals surface area contributed by atoms with Crippen molar-refractivity contribution < 1.29 is 30.3 Å². The van der Waals surface area contributed by atoms with E-state index < -0.39 is 36.9 Å². The second-order valence-corrected chi connectivity index (χ2v) is 6.04. The van der Waals surface area contributed by atoms with Gasteiger partial charge in [0.1, 0.15) is 30.1 Å². The minimum atomic E-state index is -1.78. The van der Waals surface area contributed by atoms with E-state index in [4.69, 9.17) is 16.7 Å². The topological polar surface area (TPSA) is 167 Å². The lowest BCUT2D eigenvalue weighted by Crippen LogP contribution is -2.46. The summed E-state index contributed by atoms with van der Waals surface area (Å²) in [5, 5.41) is 53.3. The number of hydrazone groups is 1. The molecule has 0 fully saturated rings. The molecule has 0 aliphatic carbocycles. The van der Waals surface area contributed by atoms with Crippen LogP contribution in [0.15, 0.2) is 40.1 Å². The Morgan fingerprint density at radius 3 is 2.48 bits per heavy atom. The van der Waals surface area contributed by atoms with Crippen LogP contribution in [0.1, 0.15) is 5.56 Å². The van der Waals surface area contributed by atoms with E-state index in [0.29, 0.717) is 10.6 Å². The predicted molar refractivity (Wildman–Crippen MR) is 97.7 cm³/mol. The zero-order chi connectivity index (χ0) is 20.0. The number of halogens is 1. The van der Waals surface area contributed by atoms with Gasteiger partial charge in [-0.15, -0.1) is 0 Å². The van der Waals surface area contributed by atoms with Gasteiger partial charge in [-0.05, 0) is 23.8 Å². The minimum Gasteiger partial charge on any atom is -0.394 e. The molecule has 11 heteroatoms. The fourth-order valence-electron chi connectivity index (χ4n) is 2.04. The van der Waals surface area contributed by atoms with Crippen molar-refractivity contribution in [3.8, 4) is 0 Å². The van der Waals surface area contributed by atoms with Crippen molar-refractivity contribution in [2.45, 2.75) is 24.4 Å². The number of guanidine groups is 1. The molecule has 7 N–H and O–H groups in total. The molecule has 1 amide bonds. The molecule has 4 atom stereocenters. The summed E-state index contributed by atoms with van der Waals surface area (Å²) in [4.78, 5) is 15.9. The number of rotatable bonds is 7. The van der Waals surface area contributed by atoms with Crippen molar-refractivity contribution in [2.24, 2.45) is 10.1 Å². The standard InChI is InChI=1S/C16H19ClN4O6/c17-9-3-1-8(2-4-9)5-10-15(27)20-16(19-10)21-18-6-11(23)13(25)14(26)12(24)7-22/h1-6,11-14,22-26H,7H2,(H2,19,20,21,27)/b10-5-,18-6+/t11-,12+,13+,14+/m0/s1. The van der Waals surface area contributed by atoms with Gasteiger partial charge in [0.25, 0.3) is 5.91 Å². The molecule has 0 saturated heterocycles. The lowest BCUT2D eigenvalue weighted by atomic mass is 10.0. The van der Waals surface area contributed by atoms with Crippen molar-refractivity contribution >= 4 is 35.8 Å². The Hall–Kier alpha value is -2.34. The maximum absolute atomic E-state index is 11.9. The van der Waals surface area contributed by atoms with Crippen LogP contribution in [0.5, 0.6) is 0 Å². The molecule has 1 aromatic carbocycles. The van der Waals surface area contributed by atoms with Gasteiger partial charge in [0.15, 0.2) is 0 Å². The Kier molecular flexibility index (Phi) is 7.42. The number of nitrogens with zero attached hydrogens (tertiary/aromatic N) is 2. The zero-order valence-corrected chi connectivity index (χ0v) is 14.7. The average molecular weight is 399 g/mol. The Balaban J connectivity index is 1.96. The van der Waals surface area contributed by atoms with E-state index in [1.54, 1.807) is 24.3 Å². The minimum absolute atomic E-state index is 0.00547. The highest BCUT2D eigenvalue weighted by Gasteiger charge is 2.29. The van der Waals surface area contributed by atoms with Crippen LogP contribution in [0.3, 0.4) is 0 Å². The van der Waals surface area contributed by atoms with E-state index >= 15 is 0 Å². The molecule has 0 aromatic heterocycles. The van der Waals surface area contributed by atoms with Crippen molar-refractivity contribution in [1.82, 2.24) is 10.7 Å². The van der Waals surface area contributed by atoms with E-state index in [1.165, 1.54) is 6.08 Å². The molecule has 27 heavy (non-hydrogen) atoms. The molecule has 0 unspecified atom stereocenters. The molecule has 1 aliphatic rings. The second-order valence-electron chi connectivity index (χ2n) is 5.61. The number of amides is 1. The molecule has 0 radical (unpaired) electrons. The van der Waals surface area contributed by atoms with Crippen molar-refractivity contribution in [3.63, 3.8) is 0 Å². The van der Waals surface area contributed by atoms with Gasteiger partial charge < -0.3 is 25.5 Å². The second kappa shape index (κ2) is 9.55. The number of carbonyl (C=O) groups excluding carboxylic acids is 1.